The van der Waals surface area contributed by atoms with Crippen LogP contribution in [-0.4, -0.2) is 50.5 Å². The number of fused-ring (bicyclic) bond motifs is 2. The number of morpholine rings is 1. The van der Waals surface area contributed by atoms with Crippen LogP contribution >= 0.6 is 0 Å². The van der Waals surface area contributed by atoms with Gasteiger partial charge in [0.15, 0.2) is 11.5 Å². The van der Waals surface area contributed by atoms with Crippen LogP contribution in [0.3, 0.4) is 0 Å². The van der Waals surface area contributed by atoms with Crippen molar-refractivity contribution in [1.82, 2.24) is 4.90 Å². The van der Waals surface area contributed by atoms with Gasteiger partial charge in [0.1, 0.15) is 24.5 Å². The van der Waals surface area contributed by atoms with E-state index in [1.807, 2.05) is 0 Å². The van der Waals surface area contributed by atoms with E-state index in [4.69, 9.17) is 23.4 Å². The summed E-state index contributed by atoms with van der Waals surface area (Å²) >= 11 is 0. The molecule has 2 aliphatic rings. The van der Waals surface area contributed by atoms with Gasteiger partial charge in [0.2, 0.25) is 0 Å². The van der Waals surface area contributed by atoms with Gasteiger partial charge >= 0.3 is 11.7 Å². The fourth-order valence-electron chi connectivity index (χ4n) is 3.48. The fraction of sp³-hybridized carbons (Fsp3) is 0.273. The first-order valence-corrected chi connectivity index (χ1v) is 9.70. The molecule has 30 heavy (non-hydrogen) atoms. The number of rotatable bonds is 2. The Balaban J connectivity index is 1.43. The van der Waals surface area contributed by atoms with Crippen molar-refractivity contribution in [3.8, 4) is 28.4 Å². The molecule has 0 saturated carbocycles. The topological polar surface area (TPSA) is 87.4 Å². The predicted molar refractivity (Wildman–Crippen MR) is 107 cm³/mol. The van der Waals surface area contributed by atoms with Gasteiger partial charge in [-0.15, -0.1) is 0 Å². The van der Waals surface area contributed by atoms with E-state index in [-0.39, 0.29) is 0 Å². The summed E-state index contributed by atoms with van der Waals surface area (Å²) in [4.78, 5) is 26.5. The van der Waals surface area contributed by atoms with E-state index < -0.39 is 11.7 Å². The lowest BCUT2D eigenvalue weighted by Crippen LogP contribution is -2.42. The second-order valence-corrected chi connectivity index (χ2v) is 6.97. The summed E-state index contributed by atoms with van der Waals surface area (Å²) in [6.45, 7) is 2.92. The van der Waals surface area contributed by atoms with E-state index in [0.717, 1.165) is 0 Å². The molecule has 0 N–H and O–H groups in total. The van der Waals surface area contributed by atoms with Crippen LogP contribution in [0.25, 0.3) is 22.1 Å². The van der Waals surface area contributed by atoms with Crippen LogP contribution < -0.4 is 19.8 Å². The van der Waals surface area contributed by atoms with Crippen molar-refractivity contribution >= 4 is 17.1 Å². The zero-order chi connectivity index (χ0) is 20.5. The summed E-state index contributed by atoms with van der Waals surface area (Å²) in [5.74, 6) is 1.57. The fourth-order valence-corrected chi connectivity index (χ4v) is 3.48. The normalized spacial score (nSPS) is 15.8. The average molecular weight is 409 g/mol. The quantitative estimate of drug-likeness (QED) is 0.601. The Bertz CT molecular complexity index is 1160. The third-order valence-electron chi connectivity index (χ3n) is 5.04. The number of ether oxygens (including phenoxy) is 4. The molecule has 0 bridgehead atoms. The molecule has 5 rings (SSSR count). The van der Waals surface area contributed by atoms with E-state index in [2.05, 4.69) is 0 Å². The third-order valence-corrected chi connectivity index (χ3v) is 5.04. The van der Waals surface area contributed by atoms with Crippen LogP contribution in [0.4, 0.5) is 4.79 Å². The average Bonchev–Trinajstić information content (AvgIpc) is 2.79. The van der Waals surface area contributed by atoms with E-state index >= 15 is 0 Å². The Morgan fingerprint density at radius 3 is 2.53 bits per heavy atom. The van der Waals surface area contributed by atoms with Gasteiger partial charge in [0.25, 0.3) is 0 Å². The van der Waals surface area contributed by atoms with Gasteiger partial charge in [0, 0.05) is 24.5 Å². The van der Waals surface area contributed by atoms with Crippen molar-refractivity contribution in [3.63, 3.8) is 0 Å². The summed E-state index contributed by atoms with van der Waals surface area (Å²) in [6, 6.07) is 12.1. The molecule has 8 heteroatoms. The second-order valence-electron chi connectivity index (χ2n) is 6.97. The monoisotopic (exact) mass is 409 g/mol. The van der Waals surface area contributed by atoms with Crippen molar-refractivity contribution in [2.75, 3.05) is 39.5 Å². The van der Waals surface area contributed by atoms with Gasteiger partial charge in [-0.1, -0.05) is 6.07 Å². The van der Waals surface area contributed by atoms with Crippen molar-refractivity contribution in [1.29, 1.82) is 0 Å². The molecule has 3 aromatic rings. The molecule has 0 aliphatic carbocycles. The minimum Gasteiger partial charge on any atom is -0.486 e. The first-order chi connectivity index (χ1) is 14.7. The van der Waals surface area contributed by atoms with E-state index in [1.54, 1.807) is 47.4 Å². The number of carbonyl (C=O) groups is 1. The highest BCUT2D eigenvalue weighted by Crippen LogP contribution is 2.34. The Hall–Kier alpha value is -3.52. The van der Waals surface area contributed by atoms with Crippen molar-refractivity contribution in [3.05, 3.63) is 52.9 Å². The molecule has 1 fully saturated rings. The Morgan fingerprint density at radius 1 is 0.900 bits per heavy atom. The lowest BCUT2D eigenvalue weighted by Gasteiger charge is -2.25. The molecule has 0 spiro atoms. The maximum atomic E-state index is 12.6. The molecule has 2 aliphatic heterocycles. The SMILES string of the molecule is O=C(Oc1ccc2cc(-c3ccc4c(c3)OCCO4)c(=O)oc2c1)N1CCOCC1. The Morgan fingerprint density at radius 2 is 1.70 bits per heavy atom. The molecular weight excluding hydrogens is 390 g/mol. The first-order valence-electron chi connectivity index (χ1n) is 9.70. The number of benzene rings is 2. The maximum absolute atomic E-state index is 12.6. The van der Waals surface area contributed by atoms with Crippen molar-refractivity contribution in [2.24, 2.45) is 0 Å². The van der Waals surface area contributed by atoms with E-state index in [1.165, 1.54) is 0 Å². The molecule has 0 radical (unpaired) electrons. The molecule has 0 unspecified atom stereocenters. The van der Waals surface area contributed by atoms with Crippen molar-refractivity contribution in [2.45, 2.75) is 0 Å². The molecule has 1 saturated heterocycles. The summed E-state index contributed by atoms with van der Waals surface area (Å²) in [6.07, 6.45) is -0.451. The van der Waals surface area contributed by atoms with Gasteiger partial charge in [-0.2, -0.15) is 0 Å². The maximum Gasteiger partial charge on any atom is 0.415 e. The number of hydrogen-bond acceptors (Lipinski definition) is 7. The summed E-state index contributed by atoms with van der Waals surface area (Å²) in [5, 5.41) is 0.714. The molecule has 1 aromatic heterocycles. The molecule has 2 aromatic carbocycles. The predicted octanol–water partition coefficient (Wildman–Crippen LogP) is 3.06. The molecule has 0 atom stereocenters. The Labute approximate surface area is 171 Å². The van der Waals surface area contributed by atoms with Crippen LogP contribution in [0.2, 0.25) is 0 Å². The highest BCUT2D eigenvalue weighted by atomic mass is 16.6. The smallest absolute Gasteiger partial charge is 0.415 e. The molecular formula is C22H19NO7. The molecule has 3 heterocycles. The second kappa shape index (κ2) is 7.72. The summed E-state index contributed by atoms with van der Waals surface area (Å²) in [5.41, 5.74) is 0.944. The van der Waals surface area contributed by atoms with Crippen LogP contribution in [0, 0.1) is 0 Å². The highest BCUT2D eigenvalue weighted by Gasteiger charge is 2.19. The van der Waals surface area contributed by atoms with Gasteiger partial charge in [0.05, 0.1) is 18.8 Å². The lowest BCUT2D eigenvalue weighted by molar-refractivity contribution is 0.0416. The zero-order valence-corrected chi connectivity index (χ0v) is 16.1. The lowest BCUT2D eigenvalue weighted by atomic mass is 10.1. The Kier molecular flexibility index (Phi) is 4.76. The van der Waals surface area contributed by atoms with Gasteiger partial charge < -0.3 is 28.3 Å². The van der Waals surface area contributed by atoms with Crippen LogP contribution in [0.5, 0.6) is 17.2 Å². The van der Waals surface area contributed by atoms with E-state index in [9.17, 15) is 9.59 Å². The standard InChI is InChI=1S/C22H19NO7/c24-21-17(14-2-4-18-20(12-14)28-10-9-27-18)11-15-1-3-16(13-19(15)30-21)29-22(25)23-5-7-26-8-6-23/h1-4,11-13H,5-10H2. The third kappa shape index (κ3) is 3.57. The van der Waals surface area contributed by atoms with Crippen LogP contribution in [0.15, 0.2) is 51.7 Å². The van der Waals surface area contributed by atoms with Crippen molar-refractivity contribution < 1.29 is 28.2 Å². The molecule has 8 nitrogen and oxygen atoms in total. The largest absolute Gasteiger partial charge is 0.486 e. The first kappa shape index (κ1) is 18.5. The number of carbonyl (C=O) groups excluding carboxylic acids is 1. The highest BCUT2D eigenvalue weighted by molar-refractivity contribution is 5.84. The molecule has 1 amide bonds. The van der Waals surface area contributed by atoms with Gasteiger partial charge in [-0.25, -0.2) is 9.59 Å². The summed E-state index contributed by atoms with van der Waals surface area (Å²) in [7, 11) is 0. The molecule has 154 valence electrons. The van der Waals surface area contributed by atoms with Crippen LogP contribution in [0.1, 0.15) is 0 Å². The number of nitrogens with zero attached hydrogens (tertiary/aromatic N) is 1. The zero-order valence-electron chi connectivity index (χ0n) is 16.1. The van der Waals surface area contributed by atoms with Crippen LogP contribution in [-0.2, 0) is 4.74 Å². The number of hydrogen-bond donors (Lipinski definition) is 0. The minimum atomic E-state index is -0.490. The number of amides is 1. The van der Waals surface area contributed by atoms with Gasteiger partial charge in [-0.05, 0) is 35.9 Å². The minimum absolute atomic E-state index is 0.314. The van der Waals surface area contributed by atoms with E-state index in [0.29, 0.717) is 78.9 Å². The summed E-state index contributed by atoms with van der Waals surface area (Å²) < 4.78 is 27.3. The van der Waals surface area contributed by atoms with Gasteiger partial charge in [-0.3, -0.25) is 0 Å².